The molecule has 0 heterocycles. The molecular weight excluding hydrogens is 367 g/mol. The third kappa shape index (κ3) is 6.14. The Labute approximate surface area is 163 Å². The minimum atomic E-state index is -0.966. The average Bonchev–Trinajstić information content (AvgIpc) is 2.66. The molecule has 2 rings (SSSR count). The van der Waals surface area contributed by atoms with E-state index in [4.69, 9.17) is 4.74 Å². The van der Waals surface area contributed by atoms with Gasteiger partial charge in [0, 0.05) is 26.2 Å². The Morgan fingerprint density at radius 3 is 2.46 bits per heavy atom. The van der Waals surface area contributed by atoms with Gasteiger partial charge in [0.2, 0.25) is 11.8 Å². The zero-order valence-corrected chi connectivity index (χ0v) is 16.0. The third-order valence-electron chi connectivity index (χ3n) is 4.79. The highest BCUT2D eigenvalue weighted by Gasteiger charge is 2.35. The summed E-state index contributed by atoms with van der Waals surface area (Å²) in [5, 5.41) is 5.19. The number of hydrogen-bond acceptors (Lipinski definition) is 5. The lowest BCUT2D eigenvalue weighted by Crippen LogP contribution is -2.55. The van der Waals surface area contributed by atoms with Crippen LogP contribution in [0.5, 0.6) is 0 Å². The number of benzene rings is 1. The SMILES string of the molecule is COC(=O)[C@H](NC(=O)[C@@H](Cc1ccc(F)cc1)NC(C)=O)[C@H]1CCCC(=O)C1. The van der Waals surface area contributed by atoms with Crippen molar-refractivity contribution >= 4 is 23.6 Å². The molecule has 0 aromatic heterocycles. The highest BCUT2D eigenvalue weighted by Crippen LogP contribution is 2.25. The monoisotopic (exact) mass is 392 g/mol. The standard InChI is InChI=1S/C20H25FN2O5/c1-12(24)22-17(10-13-6-8-15(21)9-7-13)19(26)23-18(20(27)28-2)14-4-3-5-16(25)11-14/h6-9,14,17-18H,3-5,10-11H2,1-2H3,(H,22,24)(H,23,26)/t14-,17+,18+/m0/s1. The zero-order valence-electron chi connectivity index (χ0n) is 16.0. The highest BCUT2D eigenvalue weighted by atomic mass is 19.1. The lowest BCUT2D eigenvalue weighted by molar-refractivity contribution is -0.147. The summed E-state index contributed by atoms with van der Waals surface area (Å²) in [5.74, 6) is -2.31. The van der Waals surface area contributed by atoms with Crippen LogP contribution in [0.1, 0.15) is 38.2 Å². The van der Waals surface area contributed by atoms with E-state index in [-0.39, 0.29) is 24.5 Å². The molecule has 28 heavy (non-hydrogen) atoms. The van der Waals surface area contributed by atoms with Crippen LogP contribution >= 0.6 is 0 Å². The number of esters is 1. The zero-order chi connectivity index (χ0) is 20.7. The van der Waals surface area contributed by atoms with Gasteiger partial charge in [-0.25, -0.2) is 9.18 Å². The lowest BCUT2D eigenvalue weighted by Gasteiger charge is -2.29. The summed E-state index contributed by atoms with van der Waals surface area (Å²) in [7, 11) is 1.22. The first kappa shape index (κ1) is 21.5. The molecule has 0 saturated heterocycles. The van der Waals surface area contributed by atoms with Gasteiger partial charge >= 0.3 is 5.97 Å². The fourth-order valence-electron chi connectivity index (χ4n) is 3.40. The molecule has 8 heteroatoms. The second-order valence-corrected chi connectivity index (χ2v) is 6.99. The predicted molar refractivity (Wildman–Crippen MR) is 98.6 cm³/mol. The molecule has 1 aromatic carbocycles. The number of nitrogens with one attached hydrogen (secondary N) is 2. The second-order valence-electron chi connectivity index (χ2n) is 6.99. The molecule has 1 fully saturated rings. The van der Waals surface area contributed by atoms with Crippen molar-refractivity contribution in [2.75, 3.05) is 7.11 Å². The number of carbonyl (C=O) groups excluding carboxylic acids is 4. The number of halogens is 1. The Balaban J connectivity index is 2.15. The number of hydrogen-bond donors (Lipinski definition) is 2. The maximum absolute atomic E-state index is 13.1. The van der Waals surface area contributed by atoms with E-state index >= 15 is 0 Å². The van der Waals surface area contributed by atoms with Crippen molar-refractivity contribution in [1.82, 2.24) is 10.6 Å². The highest BCUT2D eigenvalue weighted by molar-refractivity contribution is 5.91. The van der Waals surface area contributed by atoms with E-state index in [1.54, 1.807) is 0 Å². The Kier molecular flexibility index (Phi) is 7.66. The number of rotatable bonds is 7. The number of Topliss-reactive ketones (excluding diaryl/α,β-unsaturated/α-hetero) is 1. The van der Waals surface area contributed by atoms with Gasteiger partial charge in [-0.2, -0.15) is 0 Å². The second kappa shape index (κ2) is 9.96. The first-order chi connectivity index (χ1) is 13.3. The summed E-state index contributed by atoms with van der Waals surface area (Å²) in [6, 6.07) is 3.66. The summed E-state index contributed by atoms with van der Waals surface area (Å²) in [5.41, 5.74) is 0.651. The molecule has 1 aromatic rings. The number of amides is 2. The molecule has 152 valence electrons. The number of carbonyl (C=O) groups is 4. The van der Waals surface area contributed by atoms with E-state index in [9.17, 15) is 23.6 Å². The van der Waals surface area contributed by atoms with Crippen molar-refractivity contribution in [2.24, 2.45) is 5.92 Å². The summed E-state index contributed by atoms with van der Waals surface area (Å²) in [6.45, 7) is 1.28. The molecule has 0 aliphatic heterocycles. The van der Waals surface area contributed by atoms with Crippen molar-refractivity contribution in [3.63, 3.8) is 0 Å². The Hall–Kier alpha value is -2.77. The van der Waals surface area contributed by atoms with E-state index in [1.807, 2.05) is 0 Å². The summed E-state index contributed by atoms with van der Waals surface area (Å²) in [6.07, 6.45) is 2.07. The van der Waals surface area contributed by atoms with E-state index in [0.717, 1.165) is 0 Å². The first-order valence-electron chi connectivity index (χ1n) is 9.21. The molecular formula is C20H25FN2O5. The minimum absolute atomic E-state index is 0.0455. The summed E-state index contributed by atoms with van der Waals surface area (Å²) < 4.78 is 17.9. The summed E-state index contributed by atoms with van der Waals surface area (Å²) >= 11 is 0. The number of ketones is 1. The molecule has 3 atom stereocenters. The van der Waals surface area contributed by atoms with Crippen molar-refractivity contribution in [2.45, 2.75) is 51.1 Å². The predicted octanol–water partition coefficient (Wildman–Crippen LogP) is 1.29. The fourth-order valence-corrected chi connectivity index (χ4v) is 3.40. The number of methoxy groups -OCH3 is 1. The van der Waals surface area contributed by atoms with Crippen LogP contribution in [0.4, 0.5) is 4.39 Å². The van der Waals surface area contributed by atoms with Crippen LogP contribution in [0.2, 0.25) is 0 Å². The van der Waals surface area contributed by atoms with Gasteiger partial charge in [0.25, 0.3) is 0 Å². The van der Waals surface area contributed by atoms with Crippen LogP contribution in [-0.4, -0.2) is 42.8 Å². The Morgan fingerprint density at radius 1 is 1.21 bits per heavy atom. The van der Waals surface area contributed by atoms with Crippen LogP contribution in [0, 0.1) is 11.7 Å². The third-order valence-corrected chi connectivity index (χ3v) is 4.79. The van der Waals surface area contributed by atoms with Crippen LogP contribution in [0.25, 0.3) is 0 Å². The molecule has 0 radical (unpaired) electrons. The van der Waals surface area contributed by atoms with Crippen LogP contribution in [-0.2, 0) is 30.3 Å². The van der Waals surface area contributed by atoms with Gasteiger partial charge < -0.3 is 15.4 Å². The molecule has 7 nitrogen and oxygen atoms in total. The Morgan fingerprint density at radius 2 is 1.89 bits per heavy atom. The molecule has 0 unspecified atom stereocenters. The van der Waals surface area contributed by atoms with Crippen LogP contribution in [0.3, 0.4) is 0 Å². The molecule has 2 amide bonds. The molecule has 1 aliphatic carbocycles. The van der Waals surface area contributed by atoms with Crippen LogP contribution < -0.4 is 10.6 Å². The molecule has 0 bridgehead atoms. The smallest absolute Gasteiger partial charge is 0.328 e. The van der Waals surface area contributed by atoms with Gasteiger partial charge in [-0.3, -0.25) is 14.4 Å². The van der Waals surface area contributed by atoms with E-state index in [0.29, 0.717) is 24.8 Å². The van der Waals surface area contributed by atoms with E-state index < -0.39 is 35.7 Å². The lowest BCUT2D eigenvalue weighted by atomic mass is 9.83. The Bertz CT molecular complexity index is 735. The molecule has 1 saturated carbocycles. The van der Waals surface area contributed by atoms with Crippen molar-refractivity contribution in [1.29, 1.82) is 0 Å². The van der Waals surface area contributed by atoms with Crippen LogP contribution in [0.15, 0.2) is 24.3 Å². The van der Waals surface area contributed by atoms with E-state index in [1.165, 1.54) is 38.3 Å². The van der Waals surface area contributed by atoms with Gasteiger partial charge in [0.15, 0.2) is 0 Å². The maximum Gasteiger partial charge on any atom is 0.328 e. The summed E-state index contributed by atoms with van der Waals surface area (Å²) in [4.78, 5) is 48.3. The molecule has 2 N–H and O–H groups in total. The first-order valence-corrected chi connectivity index (χ1v) is 9.21. The van der Waals surface area contributed by atoms with Crippen molar-refractivity contribution in [3.05, 3.63) is 35.6 Å². The van der Waals surface area contributed by atoms with Gasteiger partial charge in [-0.15, -0.1) is 0 Å². The number of ether oxygens (including phenoxy) is 1. The maximum atomic E-state index is 13.1. The van der Waals surface area contributed by atoms with Gasteiger partial charge in [0.05, 0.1) is 7.11 Å². The van der Waals surface area contributed by atoms with Crippen molar-refractivity contribution in [3.8, 4) is 0 Å². The largest absolute Gasteiger partial charge is 0.467 e. The minimum Gasteiger partial charge on any atom is -0.467 e. The molecule has 0 spiro atoms. The van der Waals surface area contributed by atoms with Crippen molar-refractivity contribution < 1.29 is 28.3 Å². The fraction of sp³-hybridized carbons (Fsp3) is 0.500. The van der Waals surface area contributed by atoms with E-state index in [2.05, 4.69) is 10.6 Å². The normalized spacial score (nSPS) is 18.7. The van der Waals surface area contributed by atoms with Gasteiger partial charge in [-0.05, 0) is 36.5 Å². The molecule has 1 aliphatic rings. The quantitative estimate of drug-likeness (QED) is 0.681. The van der Waals surface area contributed by atoms with Gasteiger partial charge in [-0.1, -0.05) is 12.1 Å². The van der Waals surface area contributed by atoms with Gasteiger partial charge in [0.1, 0.15) is 23.7 Å². The average molecular weight is 392 g/mol. The topological polar surface area (TPSA) is 102 Å².